The van der Waals surface area contributed by atoms with Crippen molar-refractivity contribution in [2.75, 3.05) is 18.9 Å². The Morgan fingerprint density at radius 2 is 2.14 bits per heavy atom. The molecule has 2 aliphatic carbocycles. The third kappa shape index (κ3) is 3.74. The SMILES string of the molecule is O=C(CSc1nnnn1C1CC1)NCC1CCCC1CO. The quantitative estimate of drug-likeness (QED) is 0.717. The van der Waals surface area contributed by atoms with E-state index in [0.717, 1.165) is 37.3 Å². The van der Waals surface area contributed by atoms with Crippen LogP contribution in [0.1, 0.15) is 38.1 Å². The molecule has 2 fully saturated rings. The van der Waals surface area contributed by atoms with Crippen LogP contribution in [0.5, 0.6) is 0 Å². The molecule has 116 valence electrons. The van der Waals surface area contributed by atoms with Crippen molar-refractivity contribution in [1.82, 2.24) is 25.5 Å². The van der Waals surface area contributed by atoms with Crippen LogP contribution in [0.3, 0.4) is 0 Å². The van der Waals surface area contributed by atoms with Gasteiger partial charge in [-0.1, -0.05) is 18.2 Å². The number of rotatable bonds is 7. The molecule has 0 aromatic carbocycles. The largest absolute Gasteiger partial charge is 0.396 e. The maximum atomic E-state index is 11.9. The molecule has 1 amide bonds. The van der Waals surface area contributed by atoms with E-state index in [4.69, 9.17) is 0 Å². The Balaban J connectivity index is 1.41. The number of hydrogen-bond acceptors (Lipinski definition) is 6. The van der Waals surface area contributed by atoms with Gasteiger partial charge in [-0.2, -0.15) is 0 Å². The summed E-state index contributed by atoms with van der Waals surface area (Å²) in [6.45, 7) is 0.892. The lowest BCUT2D eigenvalue weighted by atomic mass is 9.97. The molecule has 3 rings (SSSR count). The predicted octanol–water partition coefficient (Wildman–Crippen LogP) is 0.625. The van der Waals surface area contributed by atoms with E-state index in [1.54, 1.807) is 0 Å². The number of aliphatic hydroxyl groups excluding tert-OH is 1. The molecule has 2 saturated carbocycles. The topological polar surface area (TPSA) is 92.9 Å². The highest BCUT2D eigenvalue weighted by atomic mass is 32.2. The van der Waals surface area contributed by atoms with Gasteiger partial charge in [-0.3, -0.25) is 4.79 Å². The minimum absolute atomic E-state index is 0.00827. The minimum atomic E-state index is 0.00827. The Morgan fingerprint density at radius 3 is 2.90 bits per heavy atom. The second kappa shape index (κ2) is 6.74. The fraction of sp³-hybridized carbons (Fsp3) is 0.846. The van der Waals surface area contributed by atoms with Crippen LogP contribution >= 0.6 is 11.8 Å². The number of amides is 1. The Kier molecular flexibility index (Phi) is 4.74. The first kappa shape index (κ1) is 14.8. The van der Waals surface area contributed by atoms with Gasteiger partial charge in [0.05, 0.1) is 11.8 Å². The second-order valence-electron chi connectivity index (χ2n) is 5.86. The maximum Gasteiger partial charge on any atom is 0.230 e. The molecule has 1 aromatic heterocycles. The van der Waals surface area contributed by atoms with Gasteiger partial charge in [-0.05, 0) is 47.9 Å². The normalized spacial score (nSPS) is 25.2. The van der Waals surface area contributed by atoms with E-state index in [1.165, 1.54) is 11.8 Å². The fourth-order valence-electron chi connectivity index (χ4n) is 2.88. The van der Waals surface area contributed by atoms with Gasteiger partial charge < -0.3 is 10.4 Å². The smallest absolute Gasteiger partial charge is 0.230 e. The van der Waals surface area contributed by atoms with Gasteiger partial charge in [-0.15, -0.1) is 5.10 Å². The van der Waals surface area contributed by atoms with E-state index >= 15 is 0 Å². The number of nitrogens with zero attached hydrogens (tertiary/aromatic N) is 4. The maximum absolute atomic E-state index is 11.9. The number of tetrazole rings is 1. The molecule has 2 N–H and O–H groups in total. The summed E-state index contributed by atoms with van der Waals surface area (Å²) >= 11 is 1.38. The van der Waals surface area contributed by atoms with Crippen molar-refractivity contribution in [3.05, 3.63) is 0 Å². The zero-order valence-corrected chi connectivity index (χ0v) is 12.8. The van der Waals surface area contributed by atoms with E-state index in [2.05, 4.69) is 20.8 Å². The zero-order chi connectivity index (χ0) is 14.7. The average molecular weight is 311 g/mol. The van der Waals surface area contributed by atoms with Crippen LogP contribution in [0, 0.1) is 11.8 Å². The molecule has 0 aliphatic heterocycles. The summed E-state index contributed by atoms with van der Waals surface area (Å²) < 4.78 is 1.82. The van der Waals surface area contributed by atoms with Gasteiger partial charge in [0.25, 0.3) is 0 Å². The van der Waals surface area contributed by atoms with Crippen molar-refractivity contribution in [2.24, 2.45) is 11.8 Å². The lowest BCUT2D eigenvalue weighted by Gasteiger charge is -2.17. The van der Waals surface area contributed by atoms with Crippen LogP contribution in [0.4, 0.5) is 0 Å². The van der Waals surface area contributed by atoms with Gasteiger partial charge in [0, 0.05) is 13.2 Å². The summed E-state index contributed by atoms with van der Waals surface area (Å²) in [5.74, 6) is 1.11. The molecule has 1 aromatic rings. The number of nitrogens with one attached hydrogen (secondary N) is 1. The number of carbonyl (C=O) groups is 1. The fourth-order valence-corrected chi connectivity index (χ4v) is 3.65. The van der Waals surface area contributed by atoms with E-state index in [1.807, 2.05) is 4.68 Å². The molecule has 2 unspecified atom stereocenters. The van der Waals surface area contributed by atoms with Crippen molar-refractivity contribution >= 4 is 17.7 Å². The van der Waals surface area contributed by atoms with Gasteiger partial charge >= 0.3 is 0 Å². The highest BCUT2D eigenvalue weighted by Crippen LogP contribution is 2.36. The number of hydrogen-bond donors (Lipinski definition) is 2. The van der Waals surface area contributed by atoms with Gasteiger partial charge in [0.2, 0.25) is 11.1 Å². The number of aliphatic hydroxyl groups is 1. The number of carbonyl (C=O) groups excluding carboxylic acids is 1. The van der Waals surface area contributed by atoms with Crippen LogP contribution in [0.15, 0.2) is 5.16 Å². The molecule has 21 heavy (non-hydrogen) atoms. The van der Waals surface area contributed by atoms with Crippen LogP contribution in [0.25, 0.3) is 0 Å². The van der Waals surface area contributed by atoms with Crippen LogP contribution in [0.2, 0.25) is 0 Å². The van der Waals surface area contributed by atoms with Crippen molar-refractivity contribution in [2.45, 2.75) is 43.3 Å². The van der Waals surface area contributed by atoms with Crippen molar-refractivity contribution in [3.63, 3.8) is 0 Å². The van der Waals surface area contributed by atoms with E-state index in [-0.39, 0.29) is 12.5 Å². The molecule has 1 heterocycles. The van der Waals surface area contributed by atoms with Crippen LogP contribution in [-0.4, -0.2) is 50.1 Å². The molecule has 0 saturated heterocycles. The minimum Gasteiger partial charge on any atom is -0.396 e. The first-order valence-electron chi connectivity index (χ1n) is 7.56. The number of aromatic nitrogens is 4. The summed E-state index contributed by atoms with van der Waals surface area (Å²) in [7, 11) is 0. The van der Waals surface area contributed by atoms with Crippen LogP contribution in [-0.2, 0) is 4.79 Å². The molecular weight excluding hydrogens is 290 g/mol. The monoisotopic (exact) mass is 311 g/mol. The second-order valence-corrected chi connectivity index (χ2v) is 6.81. The molecule has 0 bridgehead atoms. The molecular formula is C13H21N5O2S. The molecule has 8 heteroatoms. The van der Waals surface area contributed by atoms with Crippen molar-refractivity contribution < 1.29 is 9.90 Å². The summed E-state index contributed by atoms with van der Waals surface area (Å²) in [6.07, 6.45) is 5.56. The summed E-state index contributed by atoms with van der Waals surface area (Å²) in [6, 6.07) is 0.425. The summed E-state index contributed by atoms with van der Waals surface area (Å²) in [4.78, 5) is 11.9. The summed E-state index contributed by atoms with van der Waals surface area (Å²) in [5.41, 5.74) is 0. The Labute approximate surface area is 127 Å². The zero-order valence-electron chi connectivity index (χ0n) is 11.9. The Morgan fingerprint density at radius 1 is 1.33 bits per heavy atom. The summed E-state index contributed by atoms with van der Waals surface area (Å²) in [5, 5.41) is 24.6. The lowest BCUT2D eigenvalue weighted by Crippen LogP contribution is -2.32. The first-order valence-corrected chi connectivity index (χ1v) is 8.54. The van der Waals surface area contributed by atoms with Gasteiger partial charge in [-0.25, -0.2) is 4.68 Å². The predicted molar refractivity (Wildman–Crippen MR) is 77.7 cm³/mol. The molecule has 2 atom stereocenters. The third-order valence-electron chi connectivity index (χ3n) is 4.30. The highest BCUT2D eigenvalue weighted by molar-refractivity contribution is 7.99. The standard InChI is InChI=1S/C13H21N5O2S/c19-7-10-3-1-2-9(10)6-14-12(20)8-21-13-15-16-17-18(13)11-4-5-11/h9-11,19H,1-8H2,(H,14,20). The highest BCUT2D eigenvalue weighted by Gasteiger charge is 2.29. The van der Waals surface area contributed by atoms with E-state index in [0.29, 0.717) is 30.2 Å². The van der Waals surface area contributed by atoms with Crippen LogP contribution < -0.4 is 5.32 Å². The van der Waals surface area contributed by atoms with Gasteiger partial charge in [0.15, 0.2) is 0 Å². The van der Waals surface area contributed by atoms with Crippen molar-refractivity contribution in [3.8, 4) is 0 Å². The van der Waals surface area contributed by atoms with Crippen molar-refractivity contribution in [1.29, 1.82) is 0 Å². The third-order valence-corrected chi connectivity index (χ3v) is 5.23. The molecule has 2 aliphatic rings. The molecule has 0 radical (unpaired) electrons. The number of thioether (sulfide) groups is 1. The Hall–Kier alpha value is -1.15. The lowest BCUT2D eigenvalue weighted by molar-refractivity contribution is -0.118. The molecule has 0 spiro atoms. The Bertz CT molecular complexity index is 491. The molecule has 7 nitrogen and oxygen atoms in total. The first-order chi connectivity index (χ1) is 10.3. The van der Waals surface area contributed by atoms with E-state index < -0.39 is 0 Å². The average Bonchev–Trinajstić information content (AvgIpc) is 3.06. The van der Waals surface area contributed by atoms with E-state index in [9.17, 15) is 9.90 Å². The van der Waals surface area contributed by atoms with Gasteiger partial charge in [0.1, 0.15) is 0 Å².